The molecule has 2 N–H and O–H groups in total. The summed E-state index contributed by atoms with van der Waals surface area (Å²) in [6, 6.07) is 14.6. The number of aromatic amines is 1. The van der Waals surface area contributed by atoms with Crippen molar-refractivity contribution in [2.24, 2.45) is 0 Å². The van der Waals surface area contributed by atoms with Crippen LogP contribution in [0.4, 0.5) is 5.69 Å². The minimum atomic E-state index is -3.23. The molecule has 9 heteroatoms. The van der Waals surface area contributed by atoms with Crippen molar-refractivity contribution in [2.75, 3.05) is 38.0 Å². The van der Waals surface area contributed by atoms with Crippen molar-refractivity contribution in [1.82, 2.24) is 15.1 Å². The van der Waals surface area contributed by atoms with E-state index in [9.17, 15) is 4.57 Å². The number of hydrogen-bond donors (Lipinski definition) is 2. The zero-order chi connectivity index (χ0) is 23.1. The second-order valence-electron chi connectivity index (χ2n) is 8.26. The third kappa shape index (κ3) is 6.58. The van der Waals surface area contributed by atoms with E-state index in [0.29, 0.717) is 25.0 Å². The second-order valence-corrected chi connectivity index (χ2v) is 10.3. The first-order chi connectivity index (χ1) is 16.1. The molecule has 33 heavy (non-hydrogen) atoms. The number of hydrogen-bond acceptors (Lipinski definition) is 7. The van der Waals surface area contributed by atoms with Crippen LogP contribution < -0.4 is 10.1 Å². The van der Waals surface area contributed by atoms with Gasteiger partial charge in [-0.2, -0.15) is 5.10 Å². The highest BCUT2D eigenvalue weighted by molar-refractivity contribution is 7.53. The topological polar surface area (TPSA) is 88.7 Å². The Kier molecular flexibility index (Phi) is 8.04. The lowest BCUT2D eigenvalue weighted by Gasteiger charge is -2.33. The van der Waals surface area contributed by atoms with E-state index in [-0.39, 0.29) is 6.35 Å². The van der Waals surface area contributed by atoms with Crippen LogP contribution in [0.5, 0.6) is 5.75 Å². The number of piperidine rings is 1. The molecule has 3 aromatic rings. The SMILES string of the molecule is CCOP(=O)(COc1cccc(CN2CCC[C@@H](Nc3ccc4[nH]ncc4c3)C2)c1)OCC. The van der Waals surface area contributed by atoms with Crippen LogP contribution in [0.2, 0.25) is 0 Å². The first kappa shape index (κ1) is 23.8. The molecule has 1 fully saturated rings. The molecule has 0 radical (unpaired) electrons. The number of nitrogens with zero attached hydrogens (tertiary/aromatic N) is 2. The zero-order valence-corrected chi connectivity index (χ0v) is 20.2. The molecule has 1 aromatic heterocycles. The van der Waals surface area contributed by atoms with E-state index in [1.54, 1.807) is 13.8 Å². The summed E-state index contributed by atoms with van der Waals surface area (Å²) in [5, 5.41) is 11.9. The molecule has 1 saturated heterocycles. The average molecular weight is 473 g/mol. The lowest BCUT2D eigenvalue weighted by molar-refractivity contribution is 0.196. The number of fused-ring (bicyclic) bond motifs is 1. The molecule has 1 aliphatic heterocycles. The first-order valence-corrected chi connectivity index (χ1v) is 13.3. The monoisotopic (exact) mass is 472 g/mol. The van der Waals surface area contributed by atoms with Crippen LogP contribution in [0.1, 0.15) is 32.3 Å². The molecule has 0 aliphatic carbocycles. The molecule has 0 amide bonds. The summed E-state index contributed by atoms with van der Waals surface area (Å²) >= 11 is 0. The number of benzene rings is 2. The van der Waals surface area contributed by atoms with Gasteiger partial charge in [0.1, 0.15) is 5.75 Å². The Hall–Kier alpha value is -2.38. The van der Waals surface area contributed by atoms with Crippen LogP contribution in [0.25, 0.3) is 10.9 Å². The van der Waals surface area contributed by atoms with Crippen molar-refractivity contribution < 1.29 is 18.3 Å². The second kappa shape index (κ2) is 11.2. The summed E-state index contributed by atoms with van der Waals surface area (Å²) in [4.78, 5) is 2.46. The first-order valence-electron chi connectivity index (χ1n) is 11.6. The minimum Gasteiger partial charge on any atom is -0.481 e. The molecule has 2 aromatic carbocycles. The lowest BCUT2D eigenvalue weighted by Crippen LogP contribution is -2.41. The average Bonchev–Trinajstić information content (AvgIpc) is 3.27. The molecular formula is C24H33N4O4P. The van der Waals surface area contributed by atoms with Gasteiger partial charge in [-0.1, -0.05) is 12.1 Å². The molecule has 178 valence electrons. The molecular weight excluding hydrogens is 439 g/mol. The van der Waals surface area contributed by atoms with Gasteiger partial charge in [-0.25, -0.2) is 0 Å². The molecule has 0 spiro atoms. The number of ether oxygens (including phenoxy) is 1. The summed E-state index contributed by atoms with van der Waals surface area (Å²) in [6.07, 6.45) is 4.06. The van der Waals surface area contributed by atoms with Gasteiger partial charge in [-0.15, -0.1) is 0 Å². The normalized spacial score (nSPS) is 17.3. The number of rotatable bonds is 11. The van der Waals surface area contributed by atoms with E-state index in [1.807, 2.05) is 24.4 Å². The Bertz CT molecular complexity index is 1080. The van der Waals surface area contributed by atoms with E-state index >= 15 is 0 Å². The number of anilines is 1. The summed E-state index contributed by atoms with van der Waals surface area (Å²) in [7, 11) is -3.23. The molecule has 0 bridgehead atoms. The Morgan fingerprint density at radius 3 is 2.85 bits per heavy atom. The number of aromatic nitrogens is 2. The summed E-state index contributed by atoms with van der Waals surface area (Å²) in [5.41, 5.74) is 3.33. The van der Waals surface area contributed by atoms with Gasteiger partial charge in [0, 0.05) is 30.2 Å². The number of H-pyrrole nitrogens is 1. The highest BCUT2D eigenvalue weighted by atomic mass is 31.2. The predicted molar refractivity (Wildman–Crippen MR) is 131 cm³/mol. The van der Waals surface area contributed by atoms with E-state index < -0.39 is 7.60 Å². The highest BCUT2D eigenvalue weighted by Gasteiger charge is 2.25. The maximum Gasteiger partial charge on any atom is 0.367 e. The maximum atomic E-state index is 12.6. The molecule has 1 aliphatic rings. The van der Waals surface area contributed by atoms with Gasteiger partial charge in [0.05, 0.1) is 24.9 Å². The van der Waals surface area contributed by atoms with Crippen molar-refractivity contribution in [1.29, 1.82) is 0 Å². The number of likely N-dealkylation sites (tertiary alicyclic amines) is 1. The summed E-state index contributed by atoms with van der Waals surface area (Å²) < 4.78 is 29.0. The van der Waals surface area contributed by atoms with Crippen molar-refractivity contribution in [3.8, 4) is 5.75 Å². The quantitative estimate of drug-likeness (QED) is 0.369. The van der Waals surface area contributed by atoms with Crippen LogP contribution in [-0.2, 0) is 20.2 Å². The minimum absolute atomic E-state index is 0.0884. The van der Waals surface area contributed by atoms with Crippen LogP contribution >= 0.6 is 7.60 Å². The van der Waals surface area contributed by atoms with Gasteiger partial charge in [0.15, 0.2) is 6.35 Å². The van der Waals surface area contributed by atoms with Gasteiger partial charge in [0.2, 0.25) is 0 Å². The summed E-state index contributed by atoms with van der Waals surface area (Å²) in [5.74, 6) is 0.673. The van der Waals surface area contributed by atoms with E-state index in [4.69, 9.17) is 13.8 Å². The Morgan fingerprint density at radius 1 is 1.18 bits per heavy atom. The Morgan fingerprint density at radius 2 is 2.03 bits per heavy atom. The Balaban J connectivity index is 1.33. The molecule has 1 atom stereocenters. The summed E-state index contributed by atoms with van der Waals surface area (Å²) in [6.45, 7) is 7.10. The van der Waals surface area contributed by atoms with Crippen molar-refractivity contribution >= 4 is 24.2 Å². The fourth-order valence-corrected chi connectivity index (χ4v) is 5.55. The zero-order valence-electron chi connectivity index (χ0n) is 19.3. The molecule has 4 rings (SSSR count). The molecule has 0 saturated carbocycles. The van der Waals surface area contributed by atoms with Crippen LogP contribution in [0.15, 0.2) is 48.7 Å². The third-order valence-electron chi connectivity index (χ3n) is 5.66. The highest BCUT2D eigenvalue weighted by Crippen LogP contribution is 2.47. The predicted octanol–water partition coefficient (Wildman–Crippen LogP) is 5.24. The Labute approximate surface area is 195 Å². The van der Waals surface area contributed by atoms with Crippen molar-refractivity contribution in [3.05, 3.63) is 54.2 Å². The van der Waals surface area contributed by atoms with Crippen molar-refractivity contribution in [2.45, 2.75) is 39.3 Å². The molecule has 8 nitrogen and oxygen atoms in total. The lowest BCUT2D eigenvalue weighted by atomic mass is 10.0. The number of nitrogens with one attached hydrogen (secondary N) is 2. The van der Waals surface area contributed by atoms with E-state index in [2.05, 4.69) is 44.7 Å². The van der Waals surface area contributed by atoms with Crippen molar-refractivity contribution in [3.63, 3.8) is 0 Å². The third-order valence-corrected chi connectivity index (χ3v) is 7.41. The van der Waals surface area contributed by atoms with Gasteiger partial charge in [-0.05, 0) is 69.1 Å². The van der Waals surface area contributed by atoms with Gasteiger partial charge in [0.25, 0.3) is 0 Å². The fraction of sp³-hybridized carbons (Fsp3) is 0.458. The van der Waals surface area contributed by atoms with Crippen LogP contribution in [0, 0.1) is 0 Å². The molecule has 0 unspecified atom stereocenters. The largest absolute Gasteiger partial charge is 0.481 e. The van der Waals surface area contributed by atoms with Crippen LogP contribution in [0.3, 0.4) is 0 Å². The smallest absolute Gasteiger partial charge is 0.367 e. The van der Waals surface area contributed by atoms with E-state index in [0.717, 1.165) is 54.6 Å². The van der Waals surface area contributed by atoms with Crippen LogP contribution in [-0.4, -0.2) is 53.8 Å². The maximum absolute atomic E-state index is 12.6. The van der Waals surface area contributed by atoms with Gasteiger partial charge in [-0.3, -0.25) is 14.6 Å². The fourth-order valence-electron chi connectivity index (χ4n) is 4.24. The molecule has 2 heterocycles. The van der Waals surface area contributed by atoms with Gasteiger partial charge >= 0.3 is 7.60 Å². The van der Waals surface area contributed by atoms with Gasteiger partial charge < -0.3 is 19.1 Å². The standard InChI is InChI=1S/C24H33N4O4P/c1-3-31-33(29,32-4-2)18-30-23-9-5-7-19(13-23)16-28-12-6-8-22(17-28)26-21-10-11-24-20(14-21)15-25-27-24/h5,7,9-11,13-15,22,26H,3-4,6,8,12,16-18H2,1-2H3,(H,25,27)/t22-/m1/s1. The van der Waals surface area contributed by atoms with E-state index in [1.165, 1.54) is 0 Å².